The molecule has 1 heterocycles. The van der Waals surface area contributed by atoms with Gasteiger partial charge < -0.3 is 15.4 Å². The van der Waals surface area contributed by atoms with Crippen molar-refractivity contribution in [3.8, 4) is 0 Å². The number of rotatable bonds is 5. The minimum Gasteiger partial charge on any atom is -0.384 e. The Morgan fingerprint density at radius 2 is 2.10 bits per heavy atom. The number of nitrogens with zero attached hydrogens (tertiary/aromatic N) is 1. The molecule has 1 fully saturated rings. The van der Waals surface area contributed by atoms with E-state index in [0.29, 0.717) is 5.92 Å². The van der Waals surface area contributed by atoms with Crippen LogP contribution in [0.5, 0.6) is 0 Å². The minimum absolute atomic E-state index is 0. The molecule has 0 aliphatic carbocycles. The Kier molecular flexibility index (Phi) is 7.15. The zero-order chi connectivity index (χ0) is 14.5. The number of methoxy groups -OCH3 is 1. The summed E-state index contributed by atoms with van der Waals surface area (Å²) in [5, 5.41) is 0. The van der Waals surface area contributed by atoms with Crippen molar-refractivity contribution < 1.29 is 9.53 Å². The zero-order valence-electron chi connectivity index (χ0n) is 12.7. The highest BCUT2D eigenvalue weighted by atomic mass is 35.5. The summed E-state index contributed by atoms with van der Waals surface area (Å²) in [6.45, 7) is 4.25. The number of benzene rings is 1. The van der Waals surface area contributed by atoms with Gasteiger partial charge in [-0.05, 0) is 12.0 Å². The predicted molar refractivity (Wildman–Crippen MR) is 86.3 cm³/mol. The summed E-state index contributed by atoms with van der Waals surface area (Å²) in [5.41, 5.74) is 7.24. The van der Waals surface area contributed by atoms with Gasteiger partial charge in [0, 0.05) is 32.2 Å². The van der Waals surface area contributed by atoms with E-state index in [2.05, 4.69) is 0 Å². The lowest BCUT2D eigenvalue weighted by molar-refractivity contribution is -0.134. The molecule has 3 unspecified atom stereocenters. The van der Waals surface area contributed by atoms with E-state index in [0.717, 1.165) is 31.7 Å². The average molecular weight is 313 g/mol. The lowest BCUT2D eigenvalue weighted by atomic mass is 9.94. The zero-order valence-corrected chi connectivity index (χ0v) is 13.5. The van der Waals surface area contributed by atoms with Crippen molar-refractivity contribution in [2.24, 2.45) is 17.6 Å². The van der Waals surface area contributed by atoms with E-state index >= 15 is 0 Å². The smallest absolute Gasteiger partial charge is 0.227 e. The Morgan fingerprint density at radius 3 is 2.71 bits per heavy atom. The number of likely N-dealkylation sites (tertiary alicyclic amines) is 1. The van der Waals surface area contributed by atoms with Gasteiger partial charge in [-0.25, -0.2) is 0 Å². The largest absolute Gasteiger partial charge is 0.384 e. The van der Waals surface area contributed by atoms with Crippen LogP contribution in [0.1, 0.15) is 24.9 Å². The first-order valence-corrected chi connectivity index (χ1v) is 7.21. The van der Waals surface area contributed by atoms with Crippen molar-refractivity contribution in [3.63, 3.8) is 0 Å². The third kappa shape index (κ3) is 4.43. The molecule has 0 aromatic heterocycles. The molecule has 0 radical (unpaired) electrons. The van der Waals surface area contributed by atoms with Crippen LogP contribution in [0.3, 0.4) is 0 Å². The van der Waals surface area contributed by atoms with E-state index in [1.807, 2.05) is 42.2 Å². The highest BCUT2D eigenvalue weighted by Crippen LogP contribution is 2.24. The van der Waals surface area contributed by atoms with Gasteiger partial charge >= 0.3 is 0 Å². The second-order valence-corrected chi connectivity index (χ2v) is 5.62. The number of hydrogen-bond donors (Lipinski definition) is 1. The molecule has 1 aliphatic rings. The first-order chi connectivity index (χ1) is 9.63. The third-order valence-electron chi connectivity index (χ3n) is 4.11. The van der Waals surface area contributed by atoms with Crippen molar-refractivity contribution in [1.29, 1.82) is 0 Å². The molecular formula is C16H25ClN2O2. The summed E-state index contributed by atoms with van der Waals surface area (Å²) in [6, 6.07) is 9.58. The van der Waals surface area contributed by atoms with Gasteiger partial charge in [-0.3, -0.25) is 4.79 Å². The Morgan fingerprint density at radius 1 is 1.43 bits per heavy atom. The highest BCUT2D eigenvalue weighted by Gasteiger charge is 2.31. The number of ether oxygens (including phenoxy) is 1. The van der Waals surface area contributed by atoms with Crippen LogP contribution in [0.25, 0.3) is 0 Å². The standard InChI is InChI=1S/C16H24N2O2.ClH/c1-12(15(17)14-6-4-3-5-7-14)16(19)18-9-8-13(10-18)11-20-2;/h3-7,12-13,15H,8-11,17H2,1-2H3;1H. The normalized spacial score (nSPS) is 20.7. The summed E-state index contributed by atoms with van der Waals surface area (Å²) in [5.74, 6) is 0.419. The fourth-order valence-electron chi connectivity index (χ4n) is 2.81. The second-order valence-electron chi connectivity index (χ2n) is 5.62. The van der Waals surface area contributed by atoms with Gasteiger partial charge in [0.1, 0.15) is 0 Å². The molecule has 0 saturated carbocycles. The van der Waals surface area contributed by atoms with E-state index in [4.69, 9.17) is 10.5 Å². The molecule has 5 heteroatoms. The summed E-state index contributed by atoms with van der Waals surface area (Å²) in [7, 11) is 1.71. The molecule has 1 saturated heterocycles. The molecule has 1 amide bonds. The number of hydrogen-bond acceptors (Lipinski definition) is 3. The molecule has 0 bridgehead atoms. The van der Waals surface area contributed by atoms with Gasteiger partial charge in [0.15, 0.2) is 0 Å². The molecule has 2 N–H and O–H groups in total. The Balaban J connectivity index is 0.00000220. The lowest BCUT2D eigenvalue weighted by Gasteiger charge is -2.25. The summed E-state index contributed by atoms with van der Waals surface area (Å²) in [6.07, 6.45) is 1.02. The van der Waals surface area contributed by atoms with Crippen LogP contribution in [0.2, 0.25) is 0 Å². The van der Waals surface area contributed by atoms with Crippen molar-refractivity contribution in [1.82, 2.24) is 4.90 Å². The van der Waals surface area contributed by atoms with Crippen LogP contribution >= 0.6 is 12.4 Å². The minimum atomic E-state index is -0.245. The van der Waals surface area contributed by atoms with Crippen LogP contribution in [0.4, 0.5) is 0 Å². The molecule has 1 aliphatic heterocycles. The lowest BCUT2D eigenvalue weighted by Crippen LogP contribution is -2.38. The molecule has 1 aromatic carbocycles. The van der Waals surface area contributed by atoms with E-state index in [1.54, 1.807) is 7.11 Å². The molecule has 118 valence electrons. The average Bonchev–Trinajstić information content (AvgIpc) is 2.95. The number of nitrogens with two attached hydrogens (primary N) is 1. The predicted octanol–water partition coefficient (Wildman–Crippen LogP) is 2.24. The maximum atomic E-state index is 12.5. The van der Waals surface area contributed by atoms with Gasteiger partial charge in [0.05, 0.1) is 12.5 Å². The van der Waals surface area contributed by atoms with Crippen molar-refractivity contribution in [2.45, 2.75) is 19.4 Å². The van der Waals surface area contributed by atoms with Crippen LogP contribution in [-0.2, 0) is 9.53 Å². The van der Waals surface area contributed by atoms with Gasteiger partial charge in [-0.15, -0.1) is 12.4 Å². The maximum Gasteiger partial charge on any atom is 0.227 e. The first kappa shape index (κ1) is 18.0. The van der Waals surface area contributed by atoms with Gasteiger partial charge in [-0.1, -0.05) is 37.3 Å². The van der Waals surface area contributed by atoms with Crippen LogP contribution in [-0.4, -0.2) is 37.6 Å². The number of halogens is 1. The highest BCUT2D eigenvalue weighted by molar-refractivity contribution is 5.85. The number of amides is 1. The first-order valence-electron chi connectivity index (χ1n) is 7.21. The Hall–Kier alpha value is -1.10. The quantitative estimate of drug-likeness (QED) is 0.907. The molecule has 3 atom stereocenters. The fourth-order valence-corrected chi connectivity index (χ4v) is 2.81. The molecule has 0 spiro atoms. The molecule has 4 nitrogen and oxygen atoms in total. The van der Waals surface area contributed by atoms with Gasteiger partial charge in [-0.2, -0.15) is 0 Å². The van der Waals surface area contributed by atoms with Crippen molar-refractivity contribution >= 4 is 18.3 Å². The number of carbonyl (C=O) groups is 1. The van der Waals surface area contributed by atoms with Crippen LogP contribution in [0.15, 0.2) is 30.3 Å². The third-order valence-corrected chi connectivity index (χ3v) is 4.11. The van der Waals surface area contributed by atoms with E-state index in [-0.39, 0.29) is 30.3 Å². The SMILES string of the molecule is COCC1CCN(C(=O)C(C)C(N)c2ccccc2)C1.Cl. The molecule has 1 aromatic rings. The van der Waals surface area contributed by atoms with E-state index in [1.165, 1.54) is 0 Å². The monoisotopic (exact) mass is 312 g/mol. The molecular weight excluding hydrogens is 288 g/mol. The molecule has 21 heavy (non-hydrogen) atoms. The van der Waals surface area contributed by atoms with Crippen molar-refractivity contribution in [2.75, 3.05) is 26.8 Å². The summed E-state index contributed by atoms with van der Waals surface area (Å²) >= 11 is 0. The maximum absolute atomic E-state index is 12.5. The summed E-state index contributed by atoms with van der Waals surface area (Å²) < 4.78 is 5.17. The van der Waals surface area contributed by atoms with Gasteiger partial charge in [0.25, 0.3) is 0 Å². The molecule has 2 rings (SSSR count). The topological polar surface area (TPSA) is 55.6 Å². The summed E-state index contributed by atoms with van der Waals surface area (Å²) in [4.78, 5) is 14.4. The second kappa shape index (κ2) is 8.37. The Bertz CT molecular complexity index is 441. The van der Waals surface area contributed by atoms with Crippen molar-refractivity contribution in [3.05, 3.63) is 35.9 Å². The Labute approximate surface area is 133 Å². The van der Waals surface area contributed by atoms with E-state index in [9.17, 15) is 4.79 Å². The van der Waals surface area contributed by atoms with Crippen LogP contribution in [0, 0.1) is 11.8 Å². The van der Waals surface area contributed by atoms with E-state index < -0.39 is 0 Å². The number of carbonyl (C=O) groups excluding carboxylic acids is 1. The fraction of sp³-hybridized carbons (Fsp3) is 0.562. The van der Waals surface area contributed by atoms with Gasteiger partial charge in [0.2, 0.25) is 5.91 Å². The van der Waals surface area contributed by atoms with Crippen LogP contribution < -0.4 is 5.73 Å².